The Bertz CT molecular complexity index is 11.5. The first kappa shape index (κ1) is 9.10. The molecule has 0 aromatic rings. The molecule has 0 saturated carbocycles. The van der Waals surface area contributed by atoms with Gasteiger partial charge in [-0.2, -0.15) is 0 Å². The van der Waals surface area contributed by atoms with Crippen LogP contribution in [0.3, 0.4) is 0 Å². The summed E-state index contributed by atoms with van der Waals surface area (Å²) in [4.78, 5) is 0. The summed E-state index contributed by atoms with van der Waals surface area (Å²) in [7, 11) is 0. The van der Waals surface area contributed by atoms with Gasteiger partial charge in [-0.05, 0) is 6.92 Å². The lowest BCUT2D eigenvalue weighted by Crippen LogP contribution is -1.57. The fourth-order valence-corrected chi connectivity index (χ4v) is 0. The van der Waals surface area contributed by atoms with Gasteiger partial charge in [-0.25, -0.2) is 0 Å². The van der Waals surface area contributed by atoms with E-state index in [1.54, 1.807) is 6.92 Å². The van der Waals surface area contributed by atoms with Crippen LogP contribution in [0.5, 0.6) is 0 Å². The van der Waals surface area contributed by atoms with Crippen LogP contribution in [0.4, 0.5) is 4.70 Å². The Hall–Kier alpha value is -0.110. The standard InChI is InChI=1S/C2H6O.FH.2H2/c1-2-3;;;/h3H,2H2,1H3;3*1H. The zero-order valence-electron chi connectivity index (χ0n) is 2.56. The minimum atomic E-state index is 0. The van der Waals surface area contributed by atoms with Crippen molar-refractivity contribution in [1.29, 1.82) is 0 Å². The van der Waals surface area contributed by atoms with Gasteiger partial charge in [0, 0.05) is 9.46 Å². The van der Waals surface area contributed by atoms with Crippen LogP contribution in [0.1, 0.15) is 9.78 Å². The molecular formula is C2H11FO. The van der Waals surface area contributed by atoms with Crippen LogP contribution in [0.15, 0.2) is 0 Å². The largest absolute Gasteiger partial charge is 0.397 e. The molecule has 0 rings (SSSR count). The van der Waals surface area contributed by atoms with Gasteiger partial charge < -0.3 is 5.11 Å². The molecular weight excluding hydrogens is 59.0 g/mol. The minimum Gasteiger partial charge on any atom is -0.397 e. The van der Waals surface area contributed by atoms with Crippen LogP contribution in [0.25, 0.3) is 0 Å². The molecule has 2 heteroatoms. The lowest BCUT2D eigenvalue weighted by atomic mass is 10.9. The normalized spacial score (nSPS) is 4.50. The Kier molecular flexibility index (Phi) is 29.6. The second kappa shape index (κ2) is 13.0. The Morgan fingerprint density at radius 3 is 2.00 bits per heavy atom. The average molecular weight is 70.1 g/mol. The molecule has 0 fully saturated rings. The van der Waals surface area contributed by atoms with Crippen molar-refractivity contribution in [3.63, 3.8) is 0 Å². The first-order valence-corrected chi connectivity index (χ1v) is 1.02. The number of hydrogen-bond donors (Lipinski definition) is 1. The van der Waals surface area contributed by atoms with Gasteiger partial charge in [-0.1, -0.05) is 0 Å². The molecule has 0 amide bonds. The van der Waals surface area contributed by atoms with Crippen molar-refractivity contribution < 1.29 is 12.7 Å². The summed E-state index contributed by atoms with van der Waals surface area (Å²) < 4.78 is 0. The van der Waals surface area contributed by atoms with Crippen LogP contribution in [0, 0.1) is 0 Å². The second-order valence-electron chi connectivity index (χ2n) is 0.316. The minimum absolute atomic E-state index is 0. The Labute approximate surface area is 27.6 Å². The summed E-state index contributed by atoms with van der Waals surface area (Å²) in [6.07, 6.45) is 0. The molecule has 0 bridgehead atoms. The number of hydrogen-bond acceptors (Lipinski definition) is 1. The van der Waals surface area contributed by atoms with Crippen LogP contribution >= 0.6 is 0 Å². The van der Waals surface area contributed by atoms with Crippen molar-refractivity contribution in [3.8, 4) is 0 Å². The molecule has 0 atom stereocenters. The van der Waals surface area contributed by atoms with Crippen molar-refractivity contribution in [1.82, 2.24) is 0 Å². The first-order valence-electron chi connectivity index (χ1n) is 1.02. The third-order valence-electron chi connectivity index (χ3n) is 0. The molecule has 0 radical (unpaired) electrons. The topological polar surface area (TPSA) is 20.2 Å². The first-order chi connectivity index (χ1) is 1.41. The van der Waals surface area contributed by atoms with Crippen molar-refractivity contribution >= 4 is 0 Å². The molecule has 1 N–H and O–H groups in total. The van der Waals surface area contributed by atoms with Crippen molar-refractivity contribution in [3.05, 3.63) is 0 Å². The van der Waals surface area contributed by atoms with E-state index in [4.69, 9.17) is 5.11 Å². The van der Waals surface area contributed by atoms with E-state index in [0.29, 0.717) is 0 Å². The molecule has 0 heterocycles. The van der Waals surface area contributed by atoms with E-state index in [1.165, 1.54) is 0 Å². The van der Waals surface area contributed by atoms with Gasteiger partial charge in [0.25, 0.3) is 0 Å². The van der Waals surface area contributed by atoms with Crippen molar-refractivity contribution in [2.45, 2.75) is 6.92 Å². The maximum atomic E-state index is 7.57. The molecule has 0 aliphatic carbocycles. The molecule has 1 nitrogen and oxygen atoms in total. The summed E-state index contributed by atoms with van der Waals surface area (Å²) in [6, 6.07) is 0. The van der Waals surface area contributed by atoms with Crippen LogP contribution in [0.2, 0.25) is 0 Å². The van der Waals surface area contributed by atoms with Gasteiger partial charge in [0.2, 0.25) is 0 Å². The van der Waals surface area contributed by atoms with Crippen molar-refractivity contribution in [2.75, 3.05) is 6.61 Å². The highest BCUT2D eigenvalue weighted by atomic mass is 19.0. The highest BCUT2D eigenvalue weighted by Crippen LogP contribution is 1.30. The molecule has 0 aliphatic heterocycles. The van der Waals surface area contributed by atoms with Crippen LogP contribution < -0.4 is 0 Å². The molecule has 0 aromatic heterocycles. The third kappa shape index (κ3) is 124. The number of rotatable bonds is 0. The zero-order valence-corrected chi connectivity index (χ0v) is 2.56. The summed E-state index contributed by atoms with van der Waals surface area (Å²) in [6.45, 7) is 1.93. The van der Waals surface area contributed by atoms with Crippen LogP contribution in [-0.2, 0) is 0 Å². The highest BCUT2D eigenvalue weighted by Gasteiger charge is 1.34. The van der Waals surface area contributed by atoms with E-state index in [1.807, 2.05) is 0 Å². The molecule has 4 heavy (non-hydrogen) atoms. The maximum absolute atomic E-state index is 7.57. The molecule has 0 aliphatic rings. The number of aliphatic hydroxyl groups is 1. The van der Waals surface area contributed by atoms with Gasteiger partial charge in [0.1, 0.15) is 0 Å². The van der Waals surface area contributed by atoms with Gasteiger partial charge in [-0.3, -0.25) is 4.70 Å². The fraction of sp³-hybridized carbons (Fsp3) is 1.00. The van der Waals surface area contributed by atoms with E-state index < -0.39 is 0 Å². The second-order valence-corrected chi connectivity index (χ2v) is 0.316. The van der Waals surface area contributed by atoms with Crippen molar-refractivity contribution in [2.24, 2.45) is 0 Å². The van der Waals surface area contributed by atoms with E-state index in [0.717, 1.165) is 0 Å². The molecule has 0 saturated heterocycles. The summed E-state index contributed by atoms with van der Waals surface area (Å²) in [5.74, 6) is 0. The Balaban J connectivity index is -0.00000000667. The van der Waals surface area contributed by atoms with E-state index >= 15 is 0 Å². The SMILES string of the molecule is CCO.F.[HH].[HH]. The third-order valence-corrected chi connectivity index (χ3v) is 0. The van der Waals surface area contributed by atoms with E-state index in [-0.39, 0.29) is 14.2 Å². The predicted octanol–water partition coefficient (Wildman–Crippen LogP) is 0.643. The summed E-state index contributed by atoms with van der Waals surface area (Å²) >= 11 is 0. The van der Waals surface area contributed by atoms with E-state index in [2.05, 4.69) is 0 Å². The average Bonchev–Trinajstić information content (AvgIpc) is 0.918. The lowest BCUT2D eigenvalue weighted by molar-refractivity contribution is 0.318. The van der Waals surface area contributed by atoms with Gasteiger partial charge in [0.15, 0.2) is 0 Å². The zero-order chi connectivity index (χ0) is 2.71. The van der Waals surface area contributed by atoms with Gasteiger partial charge in [0.05, 0.1) is 0 Å². The van der Waals surface area contributed by atoms with Crippen LogP contribution in [-0.4, -0.2) is 11.7 Å². The van der Waals surface area contributed by atoms with Gasteiger partial charge >= 0.3 is 0 Å². The fourth-order valence-electron chi connectivity index (χ4n) is 0. The molecule has 0 unspecified atom stereocenters. The lowest BCUT2D eigenvalue weighted by Gasteiger charge is -1.52. The van der Waals surface area contributed by atoms with E-state index in [9.17, 15) is 0 Å². The quantitative estimate of drug-likeness (QED) is 0.443. The summed E-state index contributed by atoms with van der Waals surface area (Å²) in [5, 5.41) is 7.57. The molecule has 0 aromatic carbocycles. The number of halogens is 1. The predicted molar refractivity (Wildman–Crippen MR) is 19.5 cm³/mol. The monoisotopic (exact) mass is 70.1 g/mol. The maximum Gasteiger partial charge on any atom is 0.0402 e. The smallest absolute Gasteiger partial charge is 0.0402 e. The van der Waals surface area contributed by atoms with Gasteiger partial charge in [-0.15, -0.1) is 0 Å². The summed E-state index contributed by atoms with van der Waals surface area (Å²) in [5.41, 5.74) is 0. The molecule has 32 valence electrons. The Morgan fingerprint density at radius 1 is 2.00 bits per heavy atom. The number of aliphatic hydroxyl groups excluding tert-OH is 1. The molecule has 0 spiro atoms. The highest BCUT2D eigenvalue weighted by molar-refractivity contribution is 3.84. The Morgan fingerprint density at radius 2 is 2.00 bits per heavy atom.